The number of carbonyl (C=O) groups is 4. The average Bonchev–Trinajstić information content (AvgIpc) is 2.99. The van der Waals surface area contributed by atoms with E-state index < -0.39 is 23.6 Å². The lowest BCUT2D eigenvalue weighted by atomic mass is 10.1. The number of aryl methyl sites for hydroxylation is 2. The monoisotopic (exact) mass is 604 g/mol. The van der Waals surface area contributed by atoms with Crippen molar-refractivity contribution in [3.05, 3.63) is 57.6 Å². The predicted molar refractivity (Wildman–Crippen MR) is 168 cm³/mol. The molecule has 232 valence electrons. The number of phenolic OH excluding ortho intramolecular Hbond substituents is 2. The Hall–Kier alpha value is -5.40. The van der Waals surface area contributed by atoms with Crippen LogP contribution < -0.4 is 21.3 Å². The molecule has 14 heteroatoms. The van der Waals surface area contributed by atoms with Crippen LogP contribution in [0.5, 0.6) is 11.5 Å². The molecule has 0 unspecified atom stereocenters. The summed E-state index contributed by atoms with van der Waals surface area (Å²) in [6, 6.07) is 6.93. The van der Waals surface area contributed by atoms with E-state index in [2.05, 4.69) is 41.2 Å². The van der Waals surface area contributed by atoms with Gasteiger partial charge in [0.05, 0.1) is 26.2 Å². The van der Waals surface area contributed by atoms with Crippen LogP contribution in [0.15, 0.2) is 44.2 Å². The van der Waals surface area contributed by atoms with Gasteiger partial charge in [-0.15, -0.1) is 0 Å². The second-order valence-electron chi connectivity index (χ2n) is 9.75. The number of benzene rings is 2. The first-order valence-corrected chi connectivity index (χ1v) is 13.9. The van der Waals surface area contributed by atoms with Crippen LogP contribution in [0.4, 0.5) is 0 Å². The zero-order valence-corrected chi connectivity index (χ0v) is 24.6. The first-order chi connectivity index (χ1) is 21.2. The molecule has 0 atom stereocenters. The highest BCUT2D eigenvalue weighted by Crippen LogP contribution is 2.23. The average molecular weight is 605 g/mol. The number of phenols is 2. The van der Waals surface area contributed by atoms with E-state index in [1.165, 1.54) is 24.9 Å². The van der Waals surface area contributed by atoms with Crippen molar-refractivity contribution in [1.82, 2.24) is 21.3 Å². The quantitative estimate of drug-likeness (QED) is 0.220. The summed E-state index contributed by atoms with van der Waals surface area (Å²) in [6.07, 6.45) is 5.84. The molecule has 0 saturated carbocycles. The van der Waals surface area contributed by atoms with Crippen molar-refractivity contribution < 1.29 is 29.4 Å². The van der Waals surface area contributed by atoms with E-state index >= 15 is 0 Å². The Labute approximate surface area is 254 Å². The molecule has 2 aromatic rings. The molecule has 4 bridgehead atoms. The summed E-state index contributed by atoms with van der Waals surface area (Å²) < 4.78 is 0. The molecule has 4 amide bonds. The van der Waals surface area contributed by atoms with Gasteiger partial charge in [-0.05, 0) is 49.2 Å². The van der Waals surface area contributed by atoms with E-state index in [1.54, 1.807) is 24.3 Å². The van der Waals surface area contributed by atoms with Crippen LogP contribution in [-0.4, -0.2) is 111 Å². The number of nitrogens with one attached hydrogen (secondary N) is 4. The standard InChI is InChI=1S/C30H36N8O6/c1-19-11-21-15-31-3-7-35-27(41)29(43)37-9-5-33-17-23-13-20(2)14-24(26(23)40)18-34-6-10-38-30(44)28(42)36-8-4-32-16-22(12-19)25(21)39/h11-18,39-40H,3-10H2,1-2H3,(H,35,41)(H,36,42)(H,37,43)(H,38,44). The maximum absolute atomic E-state index is 12.1. The second-order valence-corrected chi connectivity index (χ2v) is 9.75. The molecule has 1 aliphatic rings. The van der Waals surface area contributed by atoms with Gasteiger partial charge in [-0.2, -0.15) is 0 Å². The van der Waals surface area contributed by atoms with Crippen molar-refractivity contribution in [2.75, 3.05) is 52.4 Å². The summed E-state index contributed by atoms with van der Waals surface area (Å²) in [5, 5.41) is 31.1. The smallest absolute Gasteiger partial charge is 0.309 e. The van der Waals surface area contributed by atoms with Gasteiger partial charge in [-0.3, -0.25) is 39.1 Å². The Balaban J connectivity index is 1.70. The van der Waals surface area contributed by atoms with Gasteiger partial charge in [0.15, 0.2) is 0 Å². The lowest BCUT2D eigenvalue weighted by Crippen LogP contribution is -2.41. The first kappa shape index (κ1) is 33.1. The highest BCUT2D eigenvalue weighted by Gasteiger charge is 2.13. The third-order valence-corrected chi connectivity index (χ3v) is 6.07. The second kappa shape index (κ2) is 16.9. The number of nitrogens with zero attached hydrogens (tertiary/aromatic N) is 4. The minimum Gasteiger partial charge on any atom is -0.507 e. The van der Waals surface area contributed by atoms with Gasteiger partial charge in [0, 0.05) is 73.3 Å². The fraction of sp³-hybridized carbons (Fsp3) is 0.333. The van der Waals surface area contributed by atoms with Gasteiger partial charge in [0.1, 0.15) is 11.5 Å². The molecule has 0 aliphatic carbocycles. The normalized spacial score (nSPS) is 16.4. The molecule has 44 heavy (non-hydrogen) atoms. The summed E-state index contributed by atoms with van der Waals surface area (Å²) in [6.45, 7) is 4.76. The van der Waals surface area contributed by atoms with E-state index in [9.17, 15) is 29.4 Å². The lowest BCUT2D eigenvalue weighted by Gasteiger charge is -2.07. The molecule has 0 radical (unpaired) electrons. The SMILES string of the molecule is Cc1cc2c(O)c(c1)C=NCCNC(=O)C(=O)NCCN=Cc1cc(C)cc(c1O)C=NCCNC(=O)C(=O)NCCN=C2. The fourth-order valence-corrected chi connectivity index (χ4v) is 3.97. The first-order valence-electron chi connectivity index (χ1n) is 13.9. The molecule has 0 saturated heterocycles. The Morgan fingerprint density at radius 1 is 0.477 bits per heavy atom. The van der Waals surface area contributed by atoms with Crippen LogP contribution >= 0.6 is 0 Å². The Bertz CT molecular complexity index is 1280. The molecule has 3 rings (SSSR count). The van der Waals surface area contributed by atoms with E-state index in [1.807, 2.05) is 13.8 Å². The van der Waals surface area contributed by atoms with Gasteiger partial charge in [-0.25, -0.2) is 0 Å². The van der Waals surface area contributed by atoms with E-state index in [-0.39, 0.29) is 63.9 Å². The number of carbonyl (C=O) groups excluding carboxylic acids is 4. The molecule has 2 aromatic carbocycles. The van der Waals surface area contributed by atoms with Gasteiger partial charge in [0.2, 0.25) is 0 Å². The number of fused-ring (bicyclic) bond motifs is 4. The summed E-state index contributed by atoms with van der Waals surface area (Å²) in [7, 11) is 0. The van der Waals surface area contributed by atoms with Crippen molar-refractivity contribution in [2.24, 2.45) is 20.0 Å². The Kier molecular flexibility index (Phi) is 12.7. The van der Waals surface area contributed by atoms with E-state index in [4.69, 9.17) is 0 Å². The largest absolute Gasteiger partial charge is 0.507 e. The molecule has 0 fully saturated rings. The van der Waals surface area contributed by atoms with Crippen molar-refractivity contribution >= 4 is 48.5 Å². The lowest BCUT2D eigenvalue weighted by molar-refractivity contribution is -0.139. The Morgan fingerprint density at radius 3 is 0.932 bits per heavy atom. The summed E-state index contributed by atoms with van der Waals surface area (Å²) in [4.78, 5) is 65.2. The van der Waals surface area contributed by atoms with Crippen molar-refractivity contribution in [1.29, 1.82) is 0 Å². The van der Waals surface area contributed by atoms with Crippen LogP contribution in [0.2, 0.25) is 0 Å². The van der Waals surface area contributed by atoms with Crippen LogP contribution in [0.1, 0.15) is 33.4 Å². The van der Waals surface area contributed by atoms with Crippen LogP contribution in [0.25, 0.3) is 0 Å². The maximum atomic E-state index is 12.1. The van der Waals surface area contributed by atoms with Crippen LogP contribution in [-0.2, 0) is 19.2 Å². The van der Waals surface area contributed by atoms with Crippen LogP contribution in [0.3, 0.4) is 0 Å². The highest BCUT2D eigenvalue weighted by atomic mass is 16.3. The third kappa shape index (κ3) is 10.5. The van der Waals surface area contributed by atoms with Gasteiger partial charge >= 0.3 is 23.6 Å². The number of hydrogen-bond donors (Lipinski definition) is 6. The van der Waals surface area contributed by atoms with E-state index in [0.717, 1.165) is 11.1 Å². The minimum absolute atomic E-state index is 0.0440. The summed E-state index contributed by atoms with van der Waals surface area (Å²) in [5.41, 5.74) is 3.47. The fourth-order valence-electron chi connectivity index (χ4n) is 3.97. The topological polar surface area (TPSA) is 206 Å². The molecular formula is C30H36N8O6. The van der Waals surface area contributed by atoms with Gasteiger partial charge < -0.3 is 31.5 Å². The van der Waals surface area contributed by atoms with Crippen molar-refractivity contribution in [3.8, 4) is 11.5 Å². The van der Waals surface area contributed by atoms with Gasteiger partial charge in [0.25, 0.3) is 0 Å². The maximum Gasteiger partial charge on any atom is 0.309 e. The van der Waals surface area contributed by atoms with Crippen molar-refractivity contribution in [2.45, 2.75) is 13.8 Å². The number of amides is 4. The zero-order valence-electron chi connectivity index (χ0n) is 24.6. The van der Waals surface area contributed by atoms with Gasteiger partial charge in [-0.1, -0.05) is 0 Å². The third-order valence-electron chi connectivity index (χ3n) is 6.07. The number of aromatic hydroxyl groups is 2. The molecule has 14 nitrogen and oxygen atoms in total. The molecular weight excluding hydrogens is 568 g/mol. The number of hydrogen-bond acceptors (Lipinski definition) is 10. The molecule has 1 aliphatic heterocycles. The Morgan fingerprint density at radius 2 is 0.705 bits per heavy atom. The molecule has 0 spiro atoms. The molecule has 1 heterocycles. The number of rotatable bonds is 0. The zero-order chi connectivity index (χ0) is 31.9. The number of aliphatic imine (C=N–C) groups is 4. The van der Waals surface area contributed by atoms with Crippen molar-refractivity contribution in [3.63, 3.8) is 0 Å². The highest BCUT2D eigenvalue weighted by molar-refractivity contribution is 6.35. The molecule has 6 N–H and O–H groups in total. The minimum atomic E-state index is -0.809. The summed E-state index contributed by atoms with van der Waals surface area (Å²) >= 11 is 0. The predicted octanol–water partition coefficient (Wildman–Crippen LogP) is -0.431. The molecule has 0 aromatic heterocycles. The summed E-state index contributed by atoms with van der Waals surface area (Å²) in [5.74, 6) is -3.32. The van der Waals surface area contributed by atoms with E-state index in [0.29, 0.717) is 22.3 Å². The van der Waals surface area contributed by atoms with Crippen LogP contribution in [0, 0.1) is 13.8 Å².